The van der Waals surface area contributed by atoms with E-state index in [1.165, 1.54) is 21.6 Å². The summed E-state index contributed by atoms with van der Waals surface area (Å²) in [5, 5.41) is 56.3. The number of carbonyl (C=O) groups excluding carboxylic acids is 3. The summed E-state index contributed by atoms with van der Waals surface area (Å²) in [5.41, 5.74) is 3.90. The zero-order valence-electron chi connectivity index (χ0n) is 43.1. The number of anilines is 1. The zero-order valence-corrected chi connectivity index (χ0v) is 43.1. The average Bonchev–Trinajstić information content (AvgIpc) is 3.82. The maximum Gasteiger partial charge on any atom is 0.305 e. The Bertz CT molecular complexity index is 2350. The van der Waals surface area contributed by atoms with E-state index in [1.807, 2.05) is 18.2 Å². The standard InChI is InChI=1S/C59H82N2O9/c1-8-25-59(70)27-24-46-43-17-12-36-28-40(62)16-18-42(36)54(43)44(33-57(46,59)4)35-10-13-38(14-11-35)60(6)52(67)22-15-39(31-53(68)69)61(7)51(66)21-9-34(2)45-19-20-47-55-48(32-50(65)58(45,47)5)56(3)26-23-41(63)29-37(56)30-49(55)64/h10-11,13-14,28,34,37,39,41,43-50,55,63-65,70H,9,12,15-24,26-27,29-33H2,1-7H3,(H,68,69)/t34-,37+,39+,41-,43?,44-,45-,46?,47?,48?,49-,50+,55?,56+,57+,58-,59+/m1/s1. The Labute approximate surface area is 416 Å². The van der Waals surface area contributed by atoms with Crippen molar-refractivity contribution in [3.8, 4) is 11.8 Å². The number of hydrogen-bond acceptors (Lipinski definition) is 8. The minimum Gasteiger partial charge on any atom is -0.481 e. The van der Waals surface area contributed by atoms with Crippen LogP contribution in [0.25, 0.3) is 0 Å². The molecule has 6 saturated carbocycles. The van der Waals surface area contributed by atoms with Gasteiger partial charge in [0.25, 0.3) is 0 Å². The molecule has 5 N–H and O–H groups in total. The van der Waals surface area contributed by atoms with Crippen LogP contribution >= 0.6 is 0 Å². The predicted molar refractivity (Wildman–Crippen MR) is 269 cm³/mol. The van der Waals surface area contributed by atoms with Crippen LogP contribution in [0.2, 0.25) is 0 Å². The van der Waals surface area contributed by atoms with E-state index >= 15 is 0 Å². The summed E-state index contributed by atoms with van der Waals surface area (Å²) in [6.45, 7) is 10.8. The third kappa shape index (κ3) is 8.54. The maximum absolute atomic E-state index is 13.9. The van der Waals surface area contributed by atoms with Crippen LogP contribution in [-0.2, 0) is 19.2 Å². The lowest BCUT2D eigenvalue weighted by Crippen LogP contribution is -2.62. The van der Waals surface area contributed by atoms with E-state index in [9.17, 15) is 44.7 Å². The minimum atomic E-state index is -1.07. The third-order valence-corrected chi connectivity index (χ3v) is 21.7. The summed E-state index contributed by atoms with van der Waals surface area (Å²) in [6.07, 6.45) is 12.5. The van der Waals surface area contributed by atoms with Crippen LogP contribution in [-0.4, -0.2) is 98.0 Å². The normalized spacial score (nSPS) is 40.4. The molecule has 0 aliphatic heterocycles. The van der Waals surface area contributed by atoms with Crippen LogP contribution < -0.4 is 4.90 Å². The van der Waals surface area contributed by atoms with Gasteiger partial charge in [0.2, 0.25) is 11.8 Å². The number of carboxylic acid groups (broad SMARTS) is 1. The lowest BCUT2D eigenvalue weighted by Gasteiger charge is -2.63. The van der Waals surface area contributed by atoms with Crippen molar-refractivity contribution in [2.24, 2.45) is 63.6 Å². The quantitative estimate of drug-likeness (QED) is 0.128. The summed E-state index contributed by atoms with van der Waals surface area (Å²) in [7, 11) is 3.39. The number of carboxylic acids is 1. The molecular formula is C59H82N2O9. The molecule has 9 rings (SSSR count). The molecular weight excluding hydrogens is 881 g/mol. The number of fused-ring (bicyclic) bond motifs is 9. The largest absolute Gasteiger partial charge is 0.481 e. The molecule has 5 unspecified atom stereocenters. The smallest absolute Gasteiger partial charge is 0.305 e. The summed E-state index contributed by atoms with van der Waals surface area (Å²) < 4.78 is 0. The van der Waals surface area contributed by atoms with E-state index in [2.05, 4.69) is 51.7 Å². The molecule has 0 spiro atoms. The number of aliphatic hydroxyl groups is 4. The van der Waals surface area contributed by atoms with Crippen molar-refractivity contribution < 1.29 is 44.7 Å². The van der Waals surface area contributed by atoms with Crippen LogP contribution in [0.1, 0.15) is 168 Å². The Kier molecular flexibility index (Phi) is 14.0. The Hall–Kier alpha value is -3.82. The predicted octanol–water partition coefficient (Wildman–Crippen LogP) is 8.76. The average molecular weight is 963 g/mol. The van der Waals surface area contributed by atoms with Gasteiger partial charge in [-0.1, -0.05) is 51.3 Å². The van der Waals surface area contributed by atoms with Gasteiger partial charge in [-0.3, -0.25) is 19.2 Å². The molecule has 17 atom stereocenters. The van der Waals surface area contributed by atoms with Gasteiger partial charge in [-0.2, -0.15) is 0 Å². The lowest BCUT2D eigenvalue weighted by atomic mass is 9.43. The molecule has 6 fully saturated rings. The number of aliphatic hydroxyl groups excluding tert-OH is 3. The molecule has 0 aromatic heterocycles. The molecule has 11 nitrogen and oxygen atoms in total. The molecule has 2 amide bonds. The first kappa shape index (κ1) is 51.1. The van der Waals surface area contributed by atoms with Gasteiger partial charge in [0.1, 0.15) is 5.60 Å². The highest BCUT2D eigenvalue weighted by atomic mass is 16.4. The van der Waals surface area contributed by atoms with E-state index < -0.39 is 35.2 Å². The molecule has 0 saturated heterocycles. The second kappa shape index (κ2) is 19.2. The number of amides is 2. The molecule has 1 aromatic carbocycles. The first-order valence-corrected chi connectivity index (χ1v) is 27.2. The summed E-state index contributed by atoms with van der Waals surface area (Å²) in [6, 6.07) is 7.47. The van der Waals surface area contributed by atoms with E-state index in [4.69, 9.17) is 0 Å². The highest BCUT2D eigenvalue weighted by Crippen LogP contribution is 2.69. The van der Waals surface area contributed by atoms with Gasteiger partial charge in [-0.05, 0) is 196 Å². The molecule has 1 aromatic rings. The topological polar surface area (TPSA) is 176 Å². The lowest BCUT2D eigenvalue weighted by molar-refractivity contribution is -0.207. The molecule has 382 valence electrons. The second-order valence-electron chi connectivity index (χ2n) is 24.7. The fourth-order valence-corrected chi connectivity index (χ4v) is 17.6. The van der Waals surface area contributed by atoms with Crippen molar-refractivity contribution in [1.82, 2.24) is 4.90 Å². The minimum absolute atomic E-state index is 0.000512. The number of aliphatic carboxylic acids is 1. The Morgan fingerprint density at radius 2 is 1.57 bits per heavy atom. The number of ketones is 1. The van der Waals surface area contributed by atoms with Gasteiger partial charge < -0.3 is 35.3 Å². The van der Waals surface area contributed by atoms with Gasteiger partial charge in [0.05, 0.1) is 24.7 Å². The Morgan fingerprint density at radius 3 is 2.29 bits per heavy atom. The van der Waals surface area contributed by atoms with Crippen LogP contribution in [0.5, 0.6) is 0 Å². The summed E-state index contributed by atoms with van der Waals surface area (Å²) >= 11 is 0. The van der Waals surface area contributed by atoms with Crippen LogP contribution in [0, 0.1) is 75.4 Å². The number of rotatable bonds is 12. The highest BCUT2D eigenvalue weighted by Gasteiger charge is 2.66. The fourth-order valence-electron chi connectivity index (χ4n) is 17.6. The van der Waals surface area contributed by atoms with Gasteiger partial charge >= 0.3 is 5.97 Å². The van der Waals surface area contributed by atoms with Crippen molar-refractivity contribution in [1.29, 1.82) is 0 Å². The van der Waals surface area contributed by atoms with Crippen molar-refractivity contribution in [2.75, 3.05) is 19.0 Å². The molecule has 0 heterocycles. The SMILES string of the molecule is CC#C[C@]1(O)CCC2C3CCC4=CC(=O)CCC4=C3[C@@H](c3ccc(N(C)C(=O)CC[C@@H](CC(=O)O)N(C)C(=O)CC[C@@H](C)[C@H]4CCC5C6C(C[C@H](O)[C@@]54C)[C@@]4(C)CC[C@@H](O)C[C@H]4C[C@H]6O)cc3)C[C@@]21C. The number of benzene rings is 1. The number of allylic oxidation sites excluding steroid dienone is 4. The van der Waals surface area contributed by atoms with E-state index in [0.717, 1.165) is 69.8 Å². The van der Waals surface area contributed by atoms with Crippen LogP contribution in [0.15, 0.2) is 47.1 Å². The number of carbonyl (C=O) groups is 4. The van der Waals surface area contributed by atoms with E-state index in [1.54, 1.807) is 25.9 Å². The summed E-state index contributed by atoms with van der Waals surface area (Å²) in [5.74, 6) is 6.81. The van der Waals surface area contributed by atoms with Crippen LogP contribution in [0.4, 0.5) is 5.69 Å². The first-order chi connectivity index (χ1) is 33.1. The van der Waals surface area contributed by atoms with Gasteiger partial charge in [0, 0.05) is 56.4 Å². The monoisotopic (exact) mass is 963 g/mol. The molecule has 11 heteroatoms. The fraction of sp³-hybridized carbons (Fsp3) is 0.729. The van der Waals surface area contributed by atoms with Gasteiger partial charge in [0.15, 0.2) is 5.78 Å². The zero-order chi connectivity index (χ0) is 50.2. The van der Waals surface area contributed by atoms with Crippen molar-refractivity contribution in [2.45, 2.75) is 192 Å². The Balaban J connectivity index is 0.836. The third-order valence-electron chi connectivity index (χ3n) is 21.7. The molecule has 0 radical (unpaired) electrons. The summed E-state index contributed by atoms with van der Waals surface area (Å²) in [4.78, 5) is 55.7. The molecule has 70 heavy (non-hydrogen) atoms. The van der Waals surface area contributed by atoms with Crippen molar-refractivity contribution in [3.63, 3.8) is 0 Å². The van der Waals surface area contributed by atoms with E-state index in [-0.39, 0.29) is 102 Å². The van der Waals surface area contributed by atoms with Crippen LogP contribution in [0.3, 0.4) is 0 Å². The maximum atomic E-state index is 13.9. The molecule has 8 aliphatic carbocycles. The number of nitrogens with zero attached hydrogens (tertiary/aromatic N) is 2. The van der Waals surface area contributed by atoms with Gasteiger partial charge in [-0.15, -0.1) is 5.92 Å². The highest BCUT2D eigenvalue weighted by molar-refractivity contribution is 5.93. The molecule has 0 bridgehead atoms. The first-order valence-electron chi connectivity index (χ1n) is 27.2. The number of hydrogen-bond donors (Lipinski definition) is 5. The van der Waals surface area contributed by atoms with Gasteiger partial charge in [-0.25, -0.2) is 0 Å². The Morgan fingerprint density at radius 1 is 0.843 bits per heavy atom. The second-order valence-corrected chi connectivity index (χ2v) is 24.7. The van der Waals surface area contributed by atoms with Crippen molar-refractivity contribution in [3.05, 3.63) is 52.6 Å². The molecule has 8 aliphatic rings. The van der Waals surface area contributed by atoms with Crippen molar-refractivity contribution >= 4 is 29.3 Å². The van der Waals surface area contributed by atoms with E-state index in [0.29, 0.717) is 49.6 Å².